The zero-order valence-corrected chi connectivity index (χ0v) is 14.8. The van der Waals surface area contributed by atoms with Crippen LogP contribution in [-0.2, 0) is 9.59 Å². The number of amides is 2. The Morgan fingerprint density at radius 3 is 2.58 bits per heavy atom. The van der Waals surface area contributed by atoms with E-state index in [4.69, 9.17) is 4.74 Å². The van der Waals surface area contributed by atoms with Crippen LogP contribution in [0.25, 0.3) is 0 Å². The Kier molecular flexibility index (Phi) is 5.09. The molecule has 0 aliphatic carbocycles. The summed E-state index contributed by atoms with van der Waals surface area (Å²) in [6.45, 7) is -0.140. The fraction of sp³-hybridized carbons (Fsp3) is 0.118. The molecule has 0 aromatic heterocycles. The number of carbonyl (C=O) groups excluding carboxylic acids is 2. The molecule has 3 rings (SSSR count). The van der Waals surface area contributed by atoms with Gasteiger partial charge in [-0.1, -0.05) is 18.2 Å². The van der Waals surface area contributed by atoms with E-state index in [1.165, 1.54) is 5.01 Å². The van der Waals surface area contributed by atoms with Crippen LogP contribution in [0.5, 0.6) is 5.75 Å². The van der Waals surface area contributed by atoms with Crippen LogP contribution in [0.4, 0.5) is 5.69 Å². The molecule has 0 spiro atoms. The van der Waals surface area contributed by atoms with Gasteiger partial charge in [0.2, 0.25) is 0 Å². The Labute approximate surface area is 152 Å². The Hall–Kier alpha value is -2.42. The molecule has 6 nitrogen and oxygen atoms in total. The van der Waals surface area contributed by atoms with Gasteiger partial charge in [-0.25, -0.2) is 0 Å². The zero-order chi connectivity index (χ0) is 16.9. The molecule has 2 aromatic rings. The number of halogens is 1. The van der Waals surface area contributed by atoms with Crippen molar-refractivity contribution in [3.8, 4) is 5.75 Å². The zero-order valence-electron chi connectivity index (χ0n) is 12.6. The molecular formula is C17H14IN3O3. The lowest BCUT2D eigenvalue weighted by molar-refractivity contribution is -0.121. The number of nitrogens with zero attached hydrogens (tertiary/aromatic N) is 2. The number of carbonyl (C=O) groups is 2. The fourth-order valence-electron chi connectivity index (χ4n) is 2.15. The SMILES string of the molecule is O=C(COc1ccc(I)cc1)NC1=NN(c2ccccc2)C(=O)C1. The Morgan fingerprint density at radius 2 is 1.88 bits per heavy atom. The first-order valence-corrected chi connectivity index (χ1v) is 8.33. The molecule has 0 bridgehead atoms. The number of hydrogen-bond donors (Lipinski definition) is 1. The molecule has 1 aliphatic rings. The number of anilines is 1. The summed E-state index contributed by atoms with van der Waals surface area (Å²) >= 11 is 2.19. The van der Waals surface area contributed by atoms with Crippen LogP contribution >= 0.6 is 22.6 Å². The number of ether oxygens (including phenoxy) is 1. The topological polar surface area (TPSA) is 71.0 Å². The van der Waals surface area contributed by atoms with Crippen LogP contribution < -0.4 is 15.1 Å². The van der Waals surface area contributed by atoms with E-state index in [0.717, 1.165) is 3.57 Å². The van der Waals surface area contributed by atoms with Crippen LogP contribution in [0.15, 0.2) is 59.7 Å². The van der Waals surface area contributed by atoms with E-state index in [1.807, 2.05) is 30.3 Å². The van der Waals surface area contributed by atoms with Crippen LogP contribution in [-0.4, -0.2) is 24.3 Å². The number of nitrogens with one attached hydrogen (secondary N) is 1. The summed E-state index contributed by atoms with van der Waals surface area (Å²) in [5, 5.41) is 8.06. The summed E-state index contributed by atoms with van der Waals surface area (Å²) in [7, 11) is 0. The van der Waals surface area contributed by atoms with Gasteiger partial charge in [0, 0.05) is 3.57 Å². The van der Waals surface area contributed by atoms with Gasteiger partial charge in [0.05, 0.1) is 12.1 Å². The molecule has 7 heteroatoms. The highest BCUT2D eigenvalue weighted by Crippen LogP contribution is 2.19. The van der Waals surface area contributed by atoms with E-state index in [2.05, 4.69) is 33.0 Å². The summed E-state index contributed by atoms with van der Waals surface area (Å²) in [5.41, 5.74) is 0.668. The molecule has 1 heterocycles. The number of rotatable bonds is 4. The average molecular weight is 435 g/mol. The molecule has 0 saturated carbocycles. The van der Waals surface area contributed by atoms with Crippen molar-refractivity contribution in [1.29, 1.82) is 0 Å². The summed E-state index contributed by atoms with van der Waals surface area (Å²) in [6.07, 6.45) is 0.0597. The van der Waals surface area contributed by atoms with Gasteiger partial charge < -0.3 is 10.1 Å². The van der Waals surface area contributed by atoms with Crippen molar-refractivity contribution in [3.63, 3.8) is 0 Å². The third-order valence-electron chi connectivity index (χ3n) is 3.24. The van der Waals surface area contributed by atoms with Crippen molar-refractivity contribution >= 4 is 45.9 Å². The molecule has 2 amide bonds. The van der Waals surface area contributed by atoms with Crippen molar-refractivity contribution in [2.45, 2.75) is 6.42 Å². The minimum absolute atomic E-state index is 0.0597. The second kappa shape index (κ2) is 7.43. The van der Waals surface area contributed by atoms with Crippen LogP contribution in [0, 0.1) is 3.57 Å². The lowest BCUT2D eigenvalue weighted by atomic mass is 10.3. The Morgan fingerprint density at radius 1 is 1.17 bits per heavy atom. The van der Waals surface area contributed by atoms with Crippen molar-refractivity contribution < 1.29 is 14.3 Å². The molecule has 2 aromatic carbocycles. The summed E-state index contributed by atoms with van der Waals surface area (Å²) in [4.78, 5) is 23.9. The van der Waals surface area contributed by atoms with E-state index in [9.17, 15) is 9.59 Å². The highest BCUT2D eigenvalue weighted by Gasteiger charge is 2.26. The molecule has 0 fully saturated rings. The maximum absolute atomic E-state index is 12.0. The Balaban J connectivity index is 1.56. The van der Waals surface area contributed by atoms with E-state index in [-0.39, 0.29) is 24.8 Å². The van der Waals surface area contributed by atoms with Crippen molar-refractivity contribution in [2.24, 2.45) is 5.10 Å². The fourth-order valence-corrected chi connectivity index (χ4v) is 2.51. The molecule has 0 atom stereocenters. The van der Waals surface area contributed by atoms with Crippen LogP contribution in [0.1, 0.15) is 6.42 Å². The number of benzene rings is 2. The second-order valence-electron chi connectivity index (χ2n) is 5.06. The van der Waals surface area contributed by atoms with Gasteiger partial charge in [0.1, 0.15) is 11.6 Å². The van der Waals surface area contributed by atoms with Gasteiger partial charge in [0.15, 0.2) is 6.61 Å². The average Bonchev–Trinajstić information content (AvgIpc) is 2.95. The lowest BCUT2D eigenvalue weighted by Crippen LogP contribution is -2.33. The van der Waals surface area contributed by atoms with E-state index in [1.54, 1.807) is 24.3 Å². The standard InChI is InChI=1S/C17H14IN3O3/c18-12-6-8-14(9-7-12)24-11-16(22)19-15-10-17(23)21(20-15)13-4-2-1-3-5-13/h1-9H,10-11H2,(H,19,20,22). The summed E-state index contributed by atoms with van der Waals surface area (Å²) in [6, 6.07) is 16.5. The number of hydrazone groups is 1. The maximum Gasteiger partial charge on any atom is 0.263 e. The first-order valence-electron chi connectivity index (χ1n) is 7.25. The monoisotopic (exact) mass is 435 g/mol. The molecule has 122 valence electrons. The summed E-state index contributed by atoms with van der Waals surface area (Å²) in [5.74, 6) is 0.394. The molecule has 24 heavy (non-hydrogen) atoms. The lowest BCUT2D eigenvalue weighted by Gasteiger charge is -2.10. The van der Waals surface area contributed by atoms with E-state index >= 15 is 0 Å². The number of hydrogen-bond acceptors (Lipinski definition) is 4. The van der Waals surface area contributed by atoms with E-state index < -0.39 is 0 Å². The molecule has 0 saturated heterocycles. The van der Waals surface area contributed by atoms with Gasteiger partial charge >= 0.3 is 0 Å². The summed E-state index contributed by atoms with van der Waals surface area (Å²) < 4.78 is 6.49. The minimum atomic E-state index is -0.352. The Bertz CT molecular complexity index is 775. The quantitative estimate of drug-likeness (QED) is 0.751. The van der Waals surface area contributed by atoms with Gasteiger partial charge in [-0.3, -0.25) is 9.59 Å². The third kappa shape index (κ3) is 4.10. The second-order valence-corrected chi connectivity index (χ2v) is 6.30. The molecule has 1 N–H and O–H groups in total. The minimum Gasteiger partial charge on any atom is -0.484 e. The number of amidine groups is 1. The first-order chi connectivity index (χ1) is 11.6. The smallest absolute Gasteiger partial charge is 0.263 e. The third-order valence-corrected chi connectivity index (χ3v) is 3.96. The highest BCUT2D eigenvalue weighted by molar-refractivity contribution is 14.1. The van der Waals surface area contributed by atoms with Crippen molar-refractivity contribution in [3.05, 3.63) is 58.2 Å². The maximum atomic E-state index is 12.0. The highest BCUT2D eigenvalue weighted by atomic mass is 127. The molecule has 0 unspecified atom stereocenters. The van der Waals surface area contributed by atoms with Gasteiger partial charge in [0.25, 0.3) is 11.8 Å². The largest absolute Gasteiger partial charge is 0.484 e. The van der Waals surface area contributed by atoms with Crippen LogP contribution in [0.2, 0.25) is 0 Å². The van der Waals surface area contributed by atoms with E-state index in [0.29, 0.717) is 17.3 Å². The molecule has 0 radical (unpaired) electrons. The predicted octanol–water partition coefficient (Wildman–Crippen LogP) is 2.54. The molecule has 1 aliphatic heterocycles. The molecular weight excluding hydrogens is 421 g/mol. The van der Waals surface area contributed by atoms with Gasteiger partial charge in [-0.05, 0) is 59.0 Å². The first kappa shape index (κ1) is 16.4. The van der Waals surface area contributed by atoms with Crippen molar-refractivity contribution in [1.82, 2.24) is 5.32 Å². The number of para-hydroxylation sites is 1. The van der Waals surface area contributed by atoms with Gasteiger partial charge in [-0.2, -0.15) is 10.1 Å². The predicted molar refractivity (Wildman–Crippen MR) is 98.8 cm³/mol. The normalized spacial score (nSPS) is 13.6. The van der Waals surface area contributed by atoms with Gasteiger partial charge in [-0.15, -0.1) is 0 Å². The van der Waals surface area contributed by atoms with Crippen molar-refractivity contribution in [2.75, 3.05) is 11.6 Å². The van der Waals surface area contributed by atoms with Crippen LogP contribution in [0.3, 0.4) is 0 Å².